The van der Waals surface area contributed by atoms with E-state index in [4.69, 9.17) is 0 Å². The average Bonchev–Trinajstić information content (AvgIpc) is 3.28. The van der Waals surface area contributed by atoms with Crippen molar-refractivity contribution in [3.8, 4) is 0 Å². The van der Waals surface area contributed by atoms with Crippen molar-refractivity contribution in [3.63, 3.8) is 0 Å². The molecule has 0 bridgehead atoms. The number of hydrogen-bond acceptors (Lipinski definition) is 6. The van der Waals surface area contributed by atoms with Crippen LogP contribution in [-0.2, 0) is 17.4 Å². The van der Waals surface area contributed by atoms with Gasteiger partial charge in [-0.25, -0.2) is 14.5 Å². The summed E-state index contributed by atoms with van der Waals surface area (Å²) in [6.07, 6.45) is -1.15. The normalized spacial score (nSPS) is 12.0. The van der Waals surface area contributed by atoms with Gasteiger partial charge in [-0.15, -0.1) is 5.10 Å². The van der Waals surface area contributed by atoms with Gasteiger partial charge < -0.3 is 5.32 Å². The highest BCUT2D eigenvalue weighted by Crippen LogP contribution is 2.27. The Bertz CT molecular complexity index is 1230. The number of carbonyl (C=O) groups excluding carboxylic acids is 1. The van der Waals surface area contributed by atoms with Gasteiger partial charge in [0.2, 0.25) is 5.91 Å². The maximum Gasteiger partial charge on any atom is 0.453 e. The minimum absolute atomic E-state index is 0.0980. The van der Waals surface area contributed by atoms with Gasteiger partial charge in [0.25, 0.3) is 11.6 Å². The molecule has 4 heterocycles. The molecule has 0 fully saturated rings. The summed E-state index contributed by atoms with van der Waals surface area (Å²) < 4.78 is 41.2. The van der Waals surface area contributed by atoms with E-state index in [9.17, 15) is 18.0 Å². The third kappa shape index (κ3) is 3.48. The number of aryl methyl sites for hydroxylation is 2. The number of hydrogen-bond donors (Lipinski definition) is 1. The quantitative estimate of drug-likeness (QED) is 0.560. The van der Waals surface area contributed by atoms with Crippen LogP contribution in [0.2, 0.25) is 0 Å². The predicted octanol–water partition coefficient (Wildman–Crippen LogP) is 2.37. The Morgan fingerprint density at radius 3 is 2.69 bits per heavy atom. The number of amides is 1. The molecule has 4 aromatic heterocycles. The summed E-state index contributed by atoms with van der Waals surface area (Å²) in [6.45, 7) is 3.29. The lowest BCUT2D eigenvalue weighted by Crippen LogP contribution is -2.16. The molecule has 0 saturated heterocycles. The van der Waals surface area contributed by atoms with Crippen LogP contribution in [0.3, 0.4) is 0 Å². The van der Waals surface area contributed by atoms with Gasteiger partial charge in [-0.05, 0) is 31.9 Å². The Hall–Kier alpha value is -3.57. The van der Waals surface area contributed by atoms with E-state index < -0.39 is 12.0 Å². The zero-order valence-electron chi connectivity index (χ0n) is 15.4. The molecule has 0 saturated carbocycles. The number of fused-ring (bicyclic) bond motifs is 2. The summed E-state index contributed by atoms with van der Waals surface area (Å²) in [4.78, 5) is 24.1. The largest absolute Gasteiger partial charge is 0.453 e. The van der Waals surface area contributed by atoms with Crippen LogP contribution in [0.5, 0.6) is 0 Å². The van der Waals surface area contributed by atoms with Crippen molar-refractivity contribution in [2.45, 2.75) is 32.9 Å². The number of aromatic nitrogens is 7. The predicted molar refractivity (Wildman–Crippen MR) is 95.2 cm³/mol. The summed E-state index contributed by atoms with van der Waals surface area (Å²) in [7, 11) is 0. The van der Waals surface area contributed by atoms with E-state index in [1.165, 1.54) is 4.52 Å². The Kier molecular flexibility index (Phi) is 4.40. The number of nitrogens with zero attached hydrogens (tertiary/aromatic N) is 7. The lowest BCUT2D eigenvalue weighted by molar-refractivity contribution is -0.144. The van der Waals surface area contributed by atoms with E-state index in [0.717, 1.165) is 4.52 Å². The van der Waals surface area contributed by atoms with Crippen molar-refractivity contribution in [2.75, 3.05) is 5.32 Å². The van der Waals surface area contributed by atoms with Crippen LogP contribution in [0.4, 0.5) is 19.0 Å². The van der Waals surface area contributed by atoms with E-state index in [1.54, 1.807) is 38.4 Å². The topological polar surface area (TPSA) is 102 Å². The van der Waals surface area contributed by atoms with E-state index in [-0.39, 0.29) is 24.5 Å². The molecular weight excluding hydrogens is 389 g/mol. The Morgan fingerprint density at radius 2 is 1.93 bits per heavy atom. The molecule has 29 heavy (non-hydrogen) atoms. The second-order valence-electron chi connectivity index (χ2n) is 6.39. The van der Waals surface area contributed by atoms with Crippen LogP contribution in [-0.4, -0.2) is 40.1 Å². The first-order valence-corrected chi connectivity index (χ1v) is 8.62. The van der Waals surface area contributed by atoms with Crippen LogP contribution in [0.1, 0.15) is 29.2 Å². The molecule has 1 amide bonds. The van der Waals surface area contributed by atoms with E-state index in [1.807, 2.05) is 0 Å². The van der Waals surface area contributed by atoms with Crippen LogP contribution in [0.25, 0.3) is 11.4 Å². The van der Waals surface area contributed by atoms with Gasteiger partial charge in [-0.3, -0.25) is 4.79 Å². The van der Waals surface area contributed by atoms with Gasteiger partial charge in [0.15, 0.2) is 5.65 Å². The van der Waals surface area contributed by atoms with Crippen molar-refractivity contribution in [3.05, 3.63) is 47.3 Å². The number of nitrogens with one attached hydrogen (secondary N) is 1. The molecule has 0 unspecified atom stereocenters. The van der Waals surface area contributed by atoms with Gasteiger partial charge in [0.1, 0.15) is 5.82 Å². The van der Waals surface area contributed by atoms with Crippen molar-refractivity contribution in [2.24, 2.45) is 0 Å². The molecule has 0 radical (unpaired) electrons. The fraction of sp³-hybridized carbons (Fsp3) is 0.294. The number of halogens is 3. The van der Waals surface area contributed by atoms with E-state index >= 15 is 0 Å². The van der Waals surface area contributed by atoms with Crippen LogP contribution in [0, 0.1) is 13.8 Å². The summed E-state index contributed by atoms with van der Waals surface area (Å²) in [6, 6.07) is 3.33. The minimum atomic E-state index is -4.66. The highest BCUT2D eigenvalue weighted by atomic mass is 19.4. The highest BCUT2D eigenvalue weighted by molar-refractivity contribution is 5.90. The molecule has 0 aliphatic rings. The second kappa shape index (κ2) is 6.79. The standard InChI is InChI=1S/C17H15F3N8O/c1-9-11(10(2)27-16(23-9)25-15(26-27)17(18,19)20)3-4-14(29)24-13-5-7-21-12-6-8-22-28(12)13/h5-8H,3-4H2,1-2H3,(H,24,29). The van der Waals surface area contributed by atoms with Crippen molar-refractivity contribution < 1.29 is 18.0 Å². The number of carbonyl (C=O) groups is 1. The van der Waals surface area contributed by atoms with Crippen LogP contribution >= 0.6 is 0 Å². The zero-order valence-corrected chi connectivity index (χ0v) is 15.4. The number of rotatable bonds is 4. The first-order valence-electron chi connectivity index (χ1n) is 8.62. The first kappa shape index (κ1) is 18.8. The van der Waals surface area contributed by atoms with Gasteiger partial charge in [-0.1, -0.05) is 0 Å². The Labute approximate surface area is 161 Å². The monoisotopic (exact) mass is 404 g/mol. The highest BCUT2D eigenvalue weighted by Gasteiger charge is 2.36. The molecule has 0 aliphatic heterocycles. The summed E-state index contributed by atoms with van der Waals surface area (Å²) in [5.74, 6) is -1.18. The second-order valence-corrected chi connectivity index (χ2v) is 6.39. The molecule has 150 valence electrons. The van der Waals surface area contributed by atoms with Crippen molar-refractivity contribution in [1.29, 1.82) is 0 Å². The first-order chi connectivity index (χ1) is 13.7. The maximum absolute atomic E-state index is 12.9. The Morgan fingerprint density at radius 1 is 1.14 bits per heavy atom. The van der Waals surface area contributed by atoms with E-state index in [0.29, 0.717) is 28.4 Å². The third-order valence-electron chi connectivity index (χ3n) is 4.46. The van der Waals surface area contributed by atoms with Gasteiger partial charge >= 0.3 is 6.18 Å². The lowest BCUT2D eigenvalue weighted by Gasteiger charge is -2.11. The van der Waals surface area contributed by atoms with Gasteiger partial charge in [0, 0.05) is 30.1 Å². The van der Waals surface area contributed by atoms with Gasteiger partial charge in [0.05, 0.1) is 6.20 Å². The van der Waals surface area contributed by atoms with Crippen LogP contribution < -0.4 is 5.32 Å². The van der Waals surface area contributed by atoms with Crippen molar-refractivity contribution >= 4 is 23.1 Å². The fourth-order valence-corrected chi connectivity index (χ4v) is 3.06. The number of anilines is 1. The zero-order chi connectivity index (χ0) is 20.8. The maximum atomic E-state index is 12.9. The van der Waals surface area contributed by atoms with Crippen molar-refractivity contribution in [1.82, 2.24) is 34.2 Å². The molecule has 0 atom stereocenters. The molecule has 4 aromatic rings. The lowest BCUT2D eigenvalue weighted by atomic mass is 10.1. The average molecular weight is 404 g/mol. The Balaban J connectivity index is 1.54. The molecule has 12 heteroatoms. The molecule has 0 spiro atoms. The summed E-state index contributed by atoms with van der Waals surface area (Å²) >= 11 is 0. The summed E-state index contributed by atoms with van der Waals surface area (Å²) in [5, 5.41) is 10.4. The molecule has 1 N–H and O–H groups in total. The molecule has 0 aromatic carbocycles. The number of alkyl halides is 3. The van der Waals surface area contributed by atoms with Gasteiger partial charge in [-0.2, -0.15) is 27.8 Å². The summed E-state index contributed by atoms with van der Waals surface area (Å²) in [5.41, 5.74) is 2.20. The SMILES string of the molecule is Cc1nc2nc(C(F)(F)F)nn2c(C)c1CCC(=O)Nc1ccnc2ccnn12. The smallest absolute Gasteiger partial charge is 0.311 e. The fourth-order valence-electron chi connectivity index (χ4n) is 3.06. The van der Waals surface area contributed by atoms with E-state index in [2.05, 4.69) is 30.5 Å². The minimum Gasteiger partial charge on any atom is -0.311 e. The molecular formula is C17H15F3N8O. The van der Waals surface area contributed by atoms with Crippen LogP contribution in [0.15, 0.2) is 24.5 Å². The molecule has 9 nitrogen and oxygen atoms in total. The molecule has 0 aliphatic carbocycles. The molecule has 4 rings (SSSR count). The third-order valence-corrected chi connectivity index (χ3v) is 4.46.